The first-order valence-corrected chi connectivity index (χ1v) is 9.45. The Labute approximate surface area is 143 Å². The zero-order chi connectivity index (χ0) is 16.3. The molecule has 1 aliphatic rings. The highest BCUT2D eigenvalue weighted by Crippen LogP contribution is 2.27. The summed E-state index contributed by atoms with van der Waals surface area (Å²) in [4.78, 5) is 15.6. The van der Waals surface area contributed by atoms with E-state index in [9.17, 15) is 13.2 Å². The van der Waals surface area contributed by atoms with Gasteiger partial charge >= 0.3 is 5.97 Å². The van der Waals surface area contributed by atoms with Gasteiger partial charge in [0.1, 0.15) is 10.0 Å². The van der Waals surface area contributed by atoms with Crippen LogP contribution in [0.3, 0.4) is 0 Å². The average Bonchev–Trinajstić information content (AvgIpc) is 2.50. The molecular weight excluding hydrogens is 396 g/mol. The van der Waals surface area contributed by atoms with Gasteiger partial charge in [0.15, 0.2) is 0 Å². The first-order chi connectivity index (χ1) is 10.4. The molecule has 1 fully saturated rings. The molecule has 0 bridgehead atoms. The third-order valence-electron chi connectivity index (χ3n) is 3.48. The standard InChI is InChI=1S/C13H16BrClN2O4S/c1-2-21-13(18)9-3-5-17(6-4-9)22(19,20)10-7-11(14)12(15)16-8-10/h7-9H,2-6H2,1H3. The highest BCUT2D eigenvalue weighted by Gasteiger charge is 2.33. The second kappa shape index (κ2) is 7.25. The Morgan fingerprint density at radius 1 is 1.50 bits per heavy atom. The molecule has 0 saturated carbocycles. The Morgan fingerprint density at radius 2 is 2.14 bits per heavy atom. The maximum absolute atomic E-state index is 12.6. The van der Waals surface area contributed by atoms with Crippen molar-refractivity contribution in [1.82, 2.24) is 9.29 Å². The zero-order valence-electron chi connectivity index (χ0n) is 12.0. The van der Waals surface area contributed by atoms with Crippen molar-refractivity contribution < 1.29 is 17.9 Å². The Hall–Kier alpha value is -0.700. The van der Waals surface area contributed by atoms with E-state index in [0.29, 0.717) is 23.9 Å². The summed E-state index contributed by atoms with van der Waals surface area (Å²) in [7, 11) is -3.63. The first-order valence-electron chi connectivity index (χ1n) is 6.84. The van der Waals surface area contributed by atoms with Gasteiger partial charge < -0.3 is 4.74 Å². The number of hydrogen-bond donors (Lipinski definition) is 0. The van der Waals surface area contributed by atoms with Crippen molar-refractivity contribution in [1.29, 1.82) is 0 Å². The smallest absolute Gasteiger partial charge is 0.309 e. The number of halogens is 2. The summed E-state index contributed by atoms with van der Waals surface area (Å²) in [6, 6.07) is 1.43. The van der Waals surface area contributed by atoms with E-state index in [1.165, 1.54) is 16.6 Å². The van der Waals surface area contributed by atoms with Gasteiger partial charge in [-0.25, -0.2) is 13.4 Å². The van der Waals surface area contributed by atoms with Crippen molar-refractivity contribution in [3.63, 3.8) is 0 Å². The van der Waals surface area contributed by atoms with Gasteiger partial charge in [-0.15, -0.1) is 0 Å². The molecule has 0 spiro atoms. The fourth-order valence-corrected chi connectivity index (χ4v) is 4.33. The Morgan fingerprint density at radius 3 is 2.68 bits per heavy atom. The molecule has 1 aliphatic heterocycles. The molecule has 6 nitrogen and oxygen atoms in total. The number of esters is 1. The van der Waals surface area contributed by atoms with Crippen LogP contribution in [0.25, 0.3) is 0 Å². The van der Waals surface area contributed by atoms with E-state index >= 15 is 0 Å². The molecule has 22 heavy (non-hydrogen) atoms. The van der Waals surface area contributed by atoms with Crippen molar-refractivity contribution in [2.24, 2.45) is 5.92 Å². The van der Waals surface area contributed by atoms with E-state index in [0.717, 1.165) is 0 Å². The van der Waals surface area contributed by atoms with Crippen LogP contribution in [-0.2, 0) is 19.6 Å². The normalized spacial score (nSPS) is 17.4. The number of nitrogens with zero attached hydrogens (tertiary/aromatic N) is 2. The van der Waals surface area contributed by atoms with Crippen molar-refractivity contribution in [2.75, 3.05) is 19.7 Å². The minimum atomic E-state index is -3.63. The first kappa shape index (κ1) is 17.7. The zero-order valence-corrected chi connectivity index (χ0v) is 15.1. The van der Waals surface area contributed by atoms with Gasteiger partial charge in [-0.05, 0) is 41.8 Å². The van der Waals surface area contributed by atoms with Crippen LogP contribution in [0.1, 0.15) is 19.8 Å². The number of carbonyl (C=O) groups excluding carboxylic acids is 1. The summed E-state index contributed by atoms with van der Waals surface area (Å²) < 4.78 is 31.9. The molecule has 0 aromatic carbocycles. The number of ether oxygens (including phenoxy) is 1. The average molecular weight is 412 g/mol. The predicted molar refractivity (Wildman–Crippen MR) is 85.1 cm³/mol. The quantitative estimate of drug-likeness (QED) is 0.562. The lowest BCUT2D eigenvalue weighted by atomic mass is 9.98. The molecule has 1 saturated heterocycles. The summed E-state index contributed by atoms with van der Waals surface area (Å²) in [5, 5.41) is 0.208. The minimum Gasteiger partial charge on any atom is -0.466 e. The van der Waals surface area contributed by atoms with Gasteiger partial charge in [-0.3, -0.25) is 4.79 Å². The number of sulfonamides is 1. The minimum absolute atomic E-state index is 0.0818. The molecule has 2 rings (SSSR count). The molecule has 122 valence electrons. The van der Waals surface area contributed by atoms with Gasteiger partial charge in [0, 0.05) is 19.3 Å². The fourth-order valence-electron chi connectivity index (χ4n) is 2.29. The maximum atomic E-state index is 12.6. The summed E-state index contributed by atoms with van der Waals surface area (Å²) in [5.41, 5.74) is 0. The molecule has 1 aromatic heterocycles. The summed E-state index contributed by atoms with van der Waals surface area (Å²) >= 11 is 8.95. The molecule has 0 atom stereocenters. The van der Waals surface area contributed by atoms with Gasteiger partial charge in [0.05, 0.1) is 17.0 Å². The van der Waals surface area contributed by atoms with Gasteiger partial charge in [0.25, 0.3) is 0 Å². The molecule has 0 N–H and O–H groups in total. The largest absolute Gasteiger partial charge is 0.466 e. The fraction of sp³-hybridized carbons (Fsp3) is 0.538. The van der Waals surface area contributed by atoms with Gasteiger partial charge in [-0.1, -0.05) is 11.6 Å². The third kappa shape index (κ3) is 3.79. The molecular formula is C13H16BrClN2O4S. The lowest BCUT2D eigenvalue weighted by Crippen LogP contribution is -2.40. The van der Waals surface area contributed by atoms with Crippen LogP contribution in [0, 0.1) is 5.92 Å². The van der Waals surface area contributed by atoms with Gasteiger partial charge in [0.2, 0.25) is 10.0 Å². The van der Waals surface area contributed by atoms with Crippen LogP contribution < -0.4 is 0 Å². The summed E-state index contributed by atoms with van der Waals surface area (Å²) in [6.45, 7) is 2.66. The van der Waals surface area contributed by atoms with E-state index in [1.807, 2.05) is 0 Å². The van der Waals surface area contributed by atoms with E-state index in [-0.39, 0.29) is 35.0 Å². The Bertz CT molecular complexity index is 660. The third-order valence-corrected chi connectivity index (χ3v) is 6.48. The van der Waals surface area contributed by atoms with E-state index in [4.69, 9.17) is 16.3 Å². The number of carbonyl (C=O) groups is 1. The van der Waals surface area contributed by atoms with E-state index in [2.05, 4.69) is 20.9 Å². The second-order valence-electron chi connectivity index (χ2n) is 4.87. The lowest BCUT2D eigenvalue weighted by molar-refractivity contribution is -0.149. The van der Waals surface area contributed by atoms with Crippen molar-refractivity contribution in [2.45, 2.75) is 24.7 Å². The van der Waals surface area contributed by atoms with Crippen LogP contribution in [0.4, 0.5) is 0 Å². The van der Waals surface area contributed by atoms with Crippen LogP contribution >= 0.6 is 27.5 Å². The molecule has 2 heterocycles. The lowest BCUT2D eigenvalue weighted by Gasteiger charge is -2.30. The number of piperidine rings is 1. The summed E-state index contributed by atoms with van der Waals surface area (Å²) in [6.07, 6.45) is 2.15. The van der Waals surface area contributed by atoms with Crippen LogP contribution in [-0.4, -0.2) is 43.4 Å². The summed E-state index contributed by atoms with van der Waals surface area (Å²) in [5.74, 6) is -0.489. The number of hydrogen-bond acceptors (Lipinski definition) is 5. The molecule has 1 aromatic rings. The number of aromatic nitrogens is 1. The van der Waals surface area contributed by atoms with Crippen molar-refractivity contribution >= 4 is 43.5 Å². The molecule has 9 heteroatoms. The van der Waals surface area contributed by atoms with Crippen LogP contribution in [0.5, 0.6) is 0 Å². The second-order valence-corrected chi connectivity index (χ2v) is 8.02. The number of rotatable bonds is 4. The highest BCUT2D eigenvalue weighted by molar-refractivity contribution is 9.10. The van der Waals surface area contributed by atoms with E-state index in [1.54, 1.807) is 6.92 Å². The molecule has 0 radical (unpaired) electrons. The predicted octanol–water partition coefficient (Wildman–Crippen LogP) is 2.46. The molecule has 0 aliphatic carbocycles. The van der Waals surface area contributed by atoms with Crippen molar-refractivity contribution in [3.8, 4) is 0 Å². The Kier molecular flexibility index (Phi) is 5.81. The highest BCUT2D eigenvalue weighted by atomic mass is 79.9. The van der Waals surface area contributed by atoms with E-state index < -0.39 is 10.0 Å². The topological polar surface area (TPSA) is 76.6 Å². The number of pyridine rings is 1. The maximum Gasteiger partial charge on any atom is 0.309 e. The molecule has 0 amide bonds. The monoisotopic (exact) mass is 410 g/mol. The van der Waals surface area contributed by atoms with Crippen LogP contribution in [0.2, 0.25) is 5.15 Å². The van der Waals surface area contributed by atoms with Gasteiger partial charge in [-0.2, -0.15) is 4.31 Å². The SMILES string of the molecule is CCOC(=O)C1CCN(S(=O)(=O)c2cnc(Cl)c(Br)c2)CC1. The molecule has 0 unspecified atom stereocenters. The Balaban J connectivity index is 2.09. The van der Waals surface area contributed by atoms with Crippen LogP contribution in [0.15, 0.2) is 21.6 Å². The van der Waals surface area contributed by atoms with Crippen molar-refractivity contribution in [3.05, 3.63) is 21.9 Å².